The molecule has 2 rings (SSSR count). The van der Waals surface area contributed by atoms with E-state index in [1.54, 1.807) is 0 Å². The quantitative estimate of drug-likeness (QED) is 0.407. The van der Waals surface area contributed by atoms with Crippen LogP contribution in [0.25, 0.3) is 0 Å². The average molecular weight is 391 g/mol. The Bertz CT molecular complexity index is 681. The molecule has 156 valence electrons. The summed E-state index contributed by atoms with van der Waals surface area (Å²) in [5.74, 6) is -0.411. The third kappa shape index (κ3) is 5.34. The third-order valence-electron chi connectivity index (χ3n) is 5.98. The summed E-state index contributed by atoms with van der Waals surface area (Å²) in [6.07, 6.45) is 3.87. The normalized spacial score (nSPS) is 17.8. The molecule has 0 heterocycles. The molecule has 1 aliphatic rings. The van der Waals surface area contributed by atoms with E-state index in [9.17, 15) is 9.59 Å². The molecule has 2 unspecified atom stereocenters. The van der Waals surface area contributed by atoms with Gasteiger partial charge in [-0.3, -0.25) is 9.59 Å². The fourth-order valence-corrected chi connectivity index (χ4v) is 3.57. The molecule has 0 bridgehead atoms. The van der Waals surface area contributed by atoms with Gasteiger partial charge in [0.25, 0.3) is 0 Å². The van der Waals surface area contributed by atoms with Crippen molar-refractivity contribution in [2.45, 2.75) is 65.9 Å². The van der Waals surface area contributed by atoms with Gasteiger partial charge >= 0.3 is 11.9 Å². The first-order valence-corrected chi connectivity index (χ1v) is 10.2. The van der Waals surface area contributed by atoms with Gasteiger partial charge in [0.15, 0.2) is 0 Å². The van der Waals surface area contributed by atoms with Crippen molar-refractivity contribution in [1.82, 2.24) is 0 Å². The van der Waals surface area contributed by atoms with Crippen LogP contribution in [0.4, 0.5) is 0 Å². The van der Waals surface area contributed by atoms with E-state index in [2.05, 4.69) is 12.1 Å². The van der Waals surface area contributed by atoms with E-state index in [-0.39, 0.29) is 24.6 Å². The lowest BCUT2D eigenvalue weighted by Gasteiger charge is -2.30. The van der Waals surface area contributed by atoms with Gasteiger partial charge in [0.1, 0.15) is 6.61 Å². The van der Waals surface area contributed by atoms with Crippen molar-refractivity contribution in [1.29, 1.82) is 0 Å². The van der Waals surface area contributed by atoms with E-state index in [1.807, 2.05) is 39.8 Å². The summed E-state index contributed by atoms with van der Waals surface area (Å²) in [7, 11) is 1.42. The second kappa shape index (κ2) is 9.55. The van der Waals surface area contributed by atoms with Gasteiger partial charge in [-0.2, -0.15) is 0 Å². The van der Waals surface area contributed by atoms with Crippen molar-refractivity contribution < 1.29 is 23.8 Å². The molecule has 5 nitrogen and oxygen atoms in total. The van der Waals surface area contributed by atoms with E-state index in [4.69, 9.17) is 14.2 Å². The van der Waals surface area contributed by atoms with Crippen LogP contribution < -0.4 is 0 Å². The van der Waals surface area contributed by atoms with Gasteiger partial charge in [-0.25, -0.2) is 0 Å². The molecule has 0 aliphatic heterocycles. The number of ether oxygens (including phenoxy) is 3. The van der Waals surface area contributed by atoms with Gasteiger partial charge in [-0.1, -0.05) is 37.6 Å². The molecule has 0 saturated heterocycles. The van der Waals surface area contributed by atoms with Crippen molar-refractivity contribution >= 4 is 11.9 Å². The number of methoxy groups -OCH3 is 1. The Morgan fingerprint density at radius 1 is 1.07 bits per heavy atom. The van der Waals surface area contributed by atoms with Crippen LogP contribution in [-0.4, -0.2) is 32.3 Å². The van der Waals surface area contributed by atoms with E-state index in [1.165, 1.54) is 18.2 Å². The molecule has 0 amide bonds. The zero-order valence-electron chi connectivity index (χ0n) is 17.9. The van der Waals surface area contributed by atoms with Crippen LogP contribution in [0.3, 0.4) is 0 Å². The highest BCUT2D eigenvalue weighted by Gasteiger charge is 2.35. The van der Waals surface area contributed by atoms with Gasteiger partial charge in [0.05, 0.1) is 30.7 Å². The standard InChI is InChI=1S/C23H34O5/c1-6-23(4,21(25)26-5)13-9-12-22(2,3)20(24)28-15-14-27-19-16-17-10-7-8-11-18(17)19/h7-8,10-11,19H,6,9,12-16H2,1-5H3. The number of benzene rings is 1. The van der Waals surface area contributed by atoms with Crippen LogP contribution in [0.15, 0.2) is 24.3 Å². The minimum atomic E-state index is -0.589. The van der Waals surface area contributed by atoms with Crippen LogP contribution in [0.2, 0.25) is 0 Å². The summed E-state index contributed by atoms with van der Waals surface area (Å²) in [4.78, 5) is 24.4. The largest absolute Gasteiger partial charge is 0.469 e. The molecule has 0 N–H and O–H groups in total. The minimum Gasteiger partial charge on any atom is -0.469 e. The number of carbonyl (C=O) groups excluding carboxylic acids is 2. The fraction of sp³-hybridized carbons (Fsp3) is 0.652. The highest BCUT2D eigenvalue weighted by atomic mass is 16.6. The smallest absolute Gasteiger partial charge is 0.311 e. The van der Waals surface area contributed by atoms with Gasteiger partial charge in [-0.05, 0) is 51.2 Å². The second-order valence-corrected chi connectivity index (χ2v) is 8.54. The molecule has 0 aromatic heterocycles. The molecule has 0 saturated carbocycles. The lowest BCUT2D eigenvalue weighted by atomic mass is 9.79. The number of hydrogen-bond acceptors (Lipinski definition) is 5. The maximum Gasteiger partial charge on any atom is 0.311 e. The van der Waals surface area contributed by atoms with Crippen molar-refractivity contribution in [2.24, 2.45) is 10.8 Å². The third-order valence-corrected chi connectivity index (χ3v) is 5.98. The predicted octanol–water partition coefficient (Wildman–Crippen LogP) is 4.63. The first-order valence-electron chi connectivity index (χ1n) is 10.2. The van der Waals surface area contributed by atoms with Gasteiger partial charge < -0.3 is 14.2 Å². The zero-order valence-corrected chi connectivity index (χ0v) is 17.9. The molecule has 0 fully saturated rings. The number of hydrogen-bond donors (Lipinski definition) is 0. The summed E-state index contributed by atoms with van der Waals surface area (Å²) in [5, 5.41) is 0. The predicted molar refractivity (Wildman–Crippen MR) is 108 cm³/mol. The Morgan fingerprint density at radius 3 is 2.43 bits per heavy atom. The molecule has 1 aromatic carbocycles. The van der Waals surface area contributed by atoms with E-state index in [0.29, 0.717) is 25.9 Å². The van der Waals surface area contributed by atoms with E-state index >= 15 is 0 Å². The zero-order chi connectivity index (χ0) is 20.8. The number of fused-ring (bicyclic) bond motifs is 1. The lowest BCUT2D eigenvalue weighted by molar-refractivity contribution is -0.157. The summed E-state index contributed by atoms with van der Waals surface area (Å²) in [6.45, 7) is 8.34. The second-order valence-electron chi connectivity index (χ2n) is 8.54. The molecular formula is C23H34O5. The molecule has 1 aromatic rings. The Kier molecular flexibility index (Phi) is 7.64. The topological polar surface area (TPSA) is 61.8 Å². The van der Waals surface area contributed by atoms with Crippen LogP contribution in [0.1, 0.15) is 70.6 Å². The van der Waals surface area contributed by atoms with E-state index < -0.39 is 10.8 Å². The van der Waals surface area contributed by atoms with Crippen LogP contribution in [0, 0.1) is 10.8 Å². The Balaban J connectivity index is 1.68. The maximum absolute atomic E-state index is 12.4. The van der Waals surface area contributed by atoms with Gasteiger partial charge in [0, 0.05) is 6.42 Å². The molecule has 0 radical (unpaired) electrons. The summed E-state index contributed by atoms with van der Waals surface area (Å²) in [5.41, 5.74) is 1.48. The average Bonchev–Trinajstić information content (AvgIpc) is 2.66. The van der Waals surface area contributed by atoms with Crippen molar-refractivity contribution in [2.75, 3.05) is 20.3 Å². The molecule has 0 spiro atoms. The van der Waals surface area contributed by atoms with Crippen LogP contribution in [-0.2, 0) is 30.2 Å². The first kappa shape index (κ1) is 22.4. The van der Waals surface area contributed by atoms with Gasteiger partial charge in [0.2, 0.25) is 0 Å². The van der Waals surface area contributed by atoms with Crippen molar-refractivity contribution in [3.8, 4) is 0 Å². The fourth-order valence-electron chi connectivity index (χ4n) is 3.57. The monoisotopic (exact) mass is 390 g/mol. The maximum atomic E-state index is 12.4. The first-order chi connectivity index (χ1) is 13.2. The summed E-state index contributed by atoms with van der Waals surface area (Å²) < 4.78 is 16.2. The van der Waals surface area contributed by atoms with Crippen LogP contribution in [0.5, 0.6) is 0 Å². The highest BCUT2D eigenvalue weighted by molar-refractivity contribution is 5.76. The Morgan fingerprint density at radius 2 is 1.79 bits per heavy atom. The molecule has 5 heteroatoms. The lowest BCUT2D eigenvalue weighted by Crippen LogP contribution is -2.31. The van der Waals surface area contributed by atoms with Crippen LogP contribution >= 0.6 is 0 Å². The number of carbonyl (C=O) groups is 2. The Hall–Kier alpha value is -1.88. The molecule has 28 heavy (non-hydrogen) atoms. The minimum absolute atomic E-state index is 0.118. The number of rotatable bonds is 11. The number of esters is 2. The van der Waals surface area contributed by atoms with Crippen molar-refractivity contribution in [3.63, 3.8) is 0 Å². The summed E-state index contributed by atoms with van der Waals surface area (Å²) >= 11 is 0. The molecule has 2 atom stereocenters. The van der Waals surface area contributed by atoms with E-state index in [0.717, 1.165) is 12.8 Å². The van der Waals surface area contributed by atoms with Gasteiger partial charge in [-0.15, -0.1) is 0 Å². The highest BCUT2D eigenvalue weighted by Crippen LogP contribution is 2.36. The Labute approximate surface area is 168 Å². The molecule has 1 aliphatic carbocycles. The SMILES string of the molecule is CCC(C)(CCCC(C)(C)C(=O)OCCOC1Cc2ccccc21)C(=O)OC. The summed E-state index contributed by atoms with van der Waals surface area (Å²) in [6, 6.07) is 8.24. The molecular weight excluding hydrogens is 356 g/mol. The van der Waals surface area contributed by atoms with Crippen molar-refractivity contribution in [3.05, 3.63) is 35.4 Å².